The predicted octanol–water partition coefficient (Wildman–Crippen LogP) is 4.12. The molecule has 2 rings (SSSR count). The Morgan fingerprint density at radius 1 is 1.10 bits per heavy atom. The summed E-state index contributed by atoms with van der Waals surface area (Å²) < 4.78 is 28.5. The Balaban J connectivity index is 2.33. The van der Waals surface area contributed by atoms with Gasteiger partial charge in [0.1, 0.15) is 10.0 Å². The van der Waals surface area contributed by atoms with Crippen molar-refractivity contribution in [2.75, 3.05) is 0 Å². The Bertz CT molecular complexity index is 704. The van der Waals surface area contributed by atoms with Gasteiger partial charge in [-0.3, -0.25) is 0 Å². The van der Waals surface area contributed by atoms with Crippen LogP contribution in [0.15, 0.2) is 66.1 Å². The topological polar surface area (TPSA) is 48.2 Å². The van der Waals surface area contributed by atoms with Crippen molar-refractivity contribution in [3.05, 3.63) is 77.0 Å². The van der Waals surface area contributed by atoms with Crippen molar-refractivity contribution in [2.45, 2.75) is 18.2 Å². The van der Waals surface area contributed by atoms with E-state index in [2.05, 4.69) is 11.3 Å². The molecule has 0 N–H and O–H groups in total. The number of rotatable bonds is 5. The van der Waals surface area contributed by atoms with Crippen LogP contribution in [0, 0.1) is 6.92 Å². The van der Waals surface area contributed by atoms with Crippen molar-refractivity contribution in [3.8, 4) is 0 Å². The van der Waals surface area contributed by atoms with Crippen LogP contribution >= 0.6 is 0 Å². The number of sulfonamides is 1. The average Bonchev–Trinajstić information content (AvgIpc) is 2.41. The number of allylic oxidation sites excluding steroid dienone is 1. The smallest absolute Gasteiger partial charge is 0.123 e. The van der Waals surface area contributed by atoms with Crippen LogP contribution in [0.25, 0.3) is 4.72 Å². The molecule has 0 spiro atoms. The molecule has 0 saturated carbocycles. The zero-order valence-corrected chi connectivity index (χ0v) is 12.1. The summed E-state index contributed by atoms with van der Waals surface area (Å²) in [6, 6.07) is 13.9. The lowest BCUT2D eigenvalue weighted by Crippen LogP contribution is -1.98. The lowest BCUT2D eigenvalue weighted by atomic mass is 10.1. The lowest BCUT2D eigenvalue weighted by molar-refractivity contribution is 0.603. The molecule has 104 valence electrons. The molecule has 0 fully saturated rings. The second-order valence-electron chi connectivity index (χ2n) is 4.50. The predicted molar refractivity (Wildman–Crippen MR) is 81.7 cm³/mol. The molecule has 3 nitrogen and oxygen atoms in total. The molecule has 0 bridgehead atoms. The third-order valence-corrected chi connectivity index (χ3v) is 4.20. The van der Waals surface area contributed by atoms with Crippen molar-refractivity contribution < 1.29 is 8.42 Å². The number of hydrogen-bond donors (Lipinski definition) is 0. The zero-order chi connectivity index (χ0) is 14.6. The van der Waals surface area contributed by atoms with Gasteiger partial charge < -0.3 is 4.72 Å². The molecular weight excluding hydrogens is 270 g/mol. The molecule has 4 heteroatoms. The van der Waals surface area contributed by atoms with E-state index in [4.69, 9.17) is 0 Å². The van der Waals surface area contributed by atoms with Crippen LogP contribution in [-0.4, -0.2) is 8.42 Å². The summed E-state index contributed by atoms with van der Waals surface area (Å²) in [4.78, 5) is 0.205. The lowest BCUT2D eigenvalue weighted by Gasteiger charge is -2.24. The SMILES string of the molecule is C=CCc1ccccc1[N-]S(=O)(=O)c1ccc(C)cc1. The minimum Gasteiger partial charge on any atom is -0.572 e. The minimum absolute atomic E-state index is 0.205. The second kappa shape index (κ2) is 5.92. The molecule has 0 saturated heterocycles. The van der Waals surface area contributed by atoms with Crippen LogP contribution < -0.4 is 0 Å². The Hall–Kier alpha value is -2.07. The average molecular weight is 286 g/mol. The molecule has 0 aliphatic carbocycles. The molecule has 0 aliphatic heterocycles. The normalized spacial score (nSPS) is 11.1. The summed E-state index contributed by atoms with van der Waals surface area (Å²) in [7, 11) is -3.68. The standard InChI is InChI=1S/C16H16NO2S/c1-3-6-14-7-4-5-8-16(14)17-20(18,19)15-11-9-13(2)10-12-15/h3-5,7-12H,1,6H2,2H3/q-1. The Morgan fingerprint density at radius 2 is 1.75 bits per heavy atom. The van der Waals surface area contributed by atoms with Gasteiger partial charge >= 0.3 is 0 Å². The number of aryl methyl sites for hydroxylation is 1. The molecule has 2 aromatic rings. The van der Waals surface area contributed by atoms with E-state index in [1.54, 1.807) is 42.5 Å². The van der Waals surface area contributed by atoms with Crippen LogP contribution in [0.5, 0.6) is 0 Å². The molecule has 20 heavy (non-hydrogen) atoms. The Labute approximate surface area is 120 Å². The van der Waals surface area contributed by atoms with E-state index in [9.17, 15) is 8.42 Å². The maximum atomic E-state index is 12.3. The number of hydrogen-bond acceptors (Lipinski definition) is 2. The highest BCUT2D eigenvalue weighted by Gasteiger charge is 2.05. The molecule has 0 aliphatic rings. The molecule has 0 unspecified atom stereocenters. The van der Waals surface area contributed by atoms with Crippen molar-refractivity contribution in [1.82, 2.24) is 0 Å². The highest BCUT2D eigenvalue weighted by atomic mass is 32.2. The van der Waals surface area contributed by atoms with Crippen LogP contribution in [-0.2, 0) is 16.4 Å². The minimum atomic E-state index is -3.68. The van der Waals surface area contributed by atoms with E-state index in [0.717, 1.165) is 11.1 Å². The highest BCUT2D eigenvalue weighted by molar-refractivity contribution is 7.94. The molecule has 0 atom stereocenters. The maximum absolute atomic E-state index is 12.3. The number of benzene rings is 2. The number of nitrogens with zero attached hydrogens (tertiary/aromatic N) is 1. The first-order valence-electron chi connectivity index (χ1n) is 6.26. The van der Waals surface area contributed by atoms with Gasteiger partial charge in [0.15, 0.2) is 0 Å². The van der Waals surface area contributed by atoms with E-state index >= 15 is 0 Å². The fourth-order valence-corrected chi connectivity index (χ4v) is 2.84. The molecular formula is C16H16NO2S-. The van der Waals surface area contributed by atoms with E-state index < -0.39 is 10.0 Å². The van der Waals surface area contributed by atoms with Crippen molar-refractivity contribution >= 4 is 15.7 Å². The molecule has 2 aromatic carbocycles. The maximum Gasteiger partial charge on any atom is 0.123 e. The Morgan fingerprint density at radius 3 is 2.40 bits per heavy atom. The van der Waals surface area contributed by atoms with Gasteiger partial charge in [0.2, 0.25) is 0 Å². The van der Waals surface area contributed by atoms with Gasteiger partial charge in [-0.05, 0) is 25.5 Å². The largest absolute Gasteiger partial charge is 0.572 e. The van der Waals surface area contributed by atoms with Gasteiger partial charge in [-0.2, -0.15) is 0 Å². The first kappa shape index (κ1) is 14.3. The van der Waals surface area contributed by atoms with Crippen LogP contribution in [0.3, 0.4) is 0 Å². The first-order valence-corrected chi connectivity index (χ1v) is 7.70. The summed E-state index contributed by atoms with van der Waals surface area (Å²) in [5.74, 6) is 0. The summed E-state index contributed by atoms with van der Waals surface area (Å²) in [6.07, 6.45) is 2.32. The van der Waals surface area contributed by atoms with Crippen molar-refractivity contribution in [3.63, 3.8) is 0 Å². The fraction of sp³-hybridized carbons (Fsp3) is 0.125. The van der Waals surface area contributed by atoms with Gasteiger partial charge in [-0.25, -0.2) is 8.42 Å². The van der Waals surface area contributed by atoms with Crippen molar-refractivity contribution in [1.29, 1.82) is 0 Å². The summed E-state index contributed by atoms with van der Waals surface area (Å²) >= 11 is 0. The van der Waals surface area contributed by atoms with Gasteiger partial charge in [-0.1, -0.05) is 53.6 Å². The van der Waals surface area contributed by atoms with Gasteiger partial charge in [0, 0.05) is 0 Å². The van der Waals surface area contributed by atoms with E-state index in [-0.39, 0.29) is 4.90 Å². The Kier molecular flexibility index (Phi) is 4.25. The third-order valence-electron chi connectivity index (χ3n) is 2.89. The summed E-state index contributed by atoms with van der Waals surface area (Å²) in [6.45, 7) is 5.58. The highest BCUT2D eigenvalue weighted by Crippen LogP contribution is 2.31. The van der Waals surface area contributed by atoms with Crippen LogP contribution in [0.2, 0.25) is 0 Å². The van der Waals surface area contributed by atoms with Crippen molar-refractivity contribution in [2.24, 2.45) is 0 Å². The second-order valence-corrected chi connectivity index (χ2v) is 6.11. The first-order chi connectivity index (χ1) is 9.53. The quantitative estimate of drug-likeness (QED) is 0.776. The van der Waals surface area contributed by atoms with E-state index in [1.165, 1.54) is 0 Å². The van der Waals surface area contributed by atoms with Gasteiger partial charge in [0.05, 0.1) is 4.90 Å². The van der Waals surface area contributed by atoms with Crippen LogP contribution in [0.1, 0.15) is 11.1 Å². The molecule has 0 aromatic heterocycles. The molecule has 0 radical (unpaired) electrons. The third kappa shape index (κ3) is 3.27. The van der Waals surface area contributed by atoms with Gasteiger partial charge in [0.25, 0.3) is 0 Å². The molecule has 0 amide bonds. The fourth-order valence-electron chi connectivity index (χ4n) is 1.82. The summed E-state index contributed by atoms with van der Waals surface area (Å²) in [5.41, 5.74) is 2.32. The zero-order valence-electron chi connectivity index (χ0n) is 11.3. The van der Waals surface area contributed by atoms with Gasteiger partial charge in [-0.15, -0.1) is 12.3 Å². The van der Waals surface area contributed by atoms with Crippen LogP contribution in [0.4, 0.5) is 5.69 Å². The molecule has 0 heterocycles. The van der Waals surface area contributed by atoms with E-state index in [1.807, 2.05) is 19.1 Å². The monoisotopic (exact) mass is 286 g/mol. The van der Waals surface area contributed by atoms with E-state index in [0.29, 0.717) is 12.1 Å². The summed E-state index contributed by atoms with van der Waals surface area (Å²) in [5, 5.41) is 0.